The minimum Gasteiger partial charge on any atom is -0.481 e. The van der Waals surface area contributed by atoms with Crippen molar-refractivity contribution < 1.29 is 37.4 Å². The van der Waals surface area contributed by atoms with E-state index in [1.165, 1.54) is 6.07 Å². The number of carbonyl (C=O) groups excluding carboxylic acids is 2. The zero-order valence-electron chi connectivity index (χ0n) is 23.8. The number of nitriles is 1. The van der Waals surface area contributed by atoms with Crippen LogP contribution >= 0.6 is 0 Å². The number of carboxylic acids is 1. The summed E-state index contributed by atoms with van der Waals surface area (Å²) in [5.74, 6) is -1.59. The maximum Gasteiger partial charge on any atom is 0.573 e. The number of hydrogen-bond acceptors (Lipinski definition) is 5. The highest BCUT2D eigenvalue weighted by Gasteiger charge is 2.34. The zero-order valence-corrected chi connectivity index (χ0v) is 23.8. The van der Waals surface area contributed by atoms with Crippen molar-refractivity contribution in [1.82, 2.24) is 10.2 Å². The Morgan fingerprint density at radius 1 is 1.05 bits per heavy atom. The van der Waals surface area contributed by atoms with Crippen LogP contribution in [0, 0.1) is 22.7 Å². The van der Waals surface area contributed by atoms with Crippen molar-refractivity contribution in [2.45, 2.75) is 71.8 Å². The monoisotopic (exact) mass is 588 g/mol. The van der Waals surface area contributed by atoms with Crippen LogP contribution in [0.2, 0.25) is 0 Å². The number of halogens is 3. The van der Waals surface area contributed by atoms with Gasteiger partial charge in [0.05, 0.1) is 12.0 Å². The van der Waals surface area contributed by atoms with Crippen LogP contribution in [0.4, 0.5) is 23.7 Å². The van der Waals surface area contributed by atoms with Gasteiger partial charge in [0.25, 0.3) is 5.91 Å². The molecule has 9 nitrogen and oxygen atoms in total. The van der Waals surface area contributed by atoms with E-state index in [2.05, 4.69) is 36.1 Å². The topological polar surface area (TPSA) is 132 Å². The van der Waals surface area contributed by atoms with Crippen LogP contribution in [-0.4, -0.2) is 46.9 Å². The maximum atomic E-state index is 13.6. The SMILES string of the molecule is CC(C)(C)[C@H]1CC[C@H](N(Cc2ccc(C(=O)NCCC(=O)O)cc2)C(=O)Nc2ccc(OC(F)(F)F)c(C#N)c2)CC1. The number of amides is 3. The number of carbonyl (C=O) groups is 3. The summed E-state index contributed by atoms with van der Waals surface area (Å²) in [5, 5.41) is 23.3. The Balaban J connectivity index is 1.78. The second kappa shape index (κ2) is 13.6. The number of ether oxygens (including phenoxy) is 1. The summed E-state index contributed by atoms with van der Waals surface area (Å²) < 4.78 is 42.0. The summed E-state index contributed by atoms with van der Waals surface area (Å²) in [6.07, 6.45) is -1.78. The van der Waals surface area contributed by atoms with Crippen molar-refractivity contribution in [1.29, 1.82) is 5.26 Å². The van der Waals surface area contributed by atoms with Gasteiger partial charge in [-0.1, -0.05) is 32.9 Å². The molecule has 42 heavy (non-hydrogen) atoms. The summed E-state index contributed by atoms with van der Waals surface area (Å²) in [5.41, 5.74) is 0.993. The molecular formula is C30H35F3N4O5. The molecule has 2 aromatic carbocycles. The molecule has 12 heteroatoms. The van der Waals surface area contributed by atoms with Gasteiger partial charge in [0, 0.05) is 30.4 Å². The first kappa shape index (κ1) is 32.2. The highest BCUT2D eigenvalue weighted by Crippen LogP contribution is 2.39. The Labute approximate surface area is 242 Å². The van der Waals surface area contributed by atoms with Crippen LogP contribution < -0.4 is 15.4 Å². The van der Waals surface area contributed by atoms with E-state index in [0.717, 1.165) is 43.4 Å². The zero-order chi connectivity index (χ0) is 31.1. The van der Waals surface area contributed by atoms with Crippen LogP contribution in [0.1, 0.15) is 74.4 Å². The van der Waals surface area contributed by atoms with Crippen molar-refractivity contribution in [3.05, 3.63) is 59.2 Å². The number of urea groups is 1. The number of alkyl halides is 3. The molecule has 3 rings (SSSR count). The van der Waals surface area contributed by atoms with Crippen molar-refractivity contribution in [2.24, 2.45) is 11.3 Å². The molecule has 2 aromatic rings. The molecule has 0 aliphatic heterocycles. The van der Waals surface area contributed by atoms with Gasteiger partial charge in [-0.05, 0) is 72.9 Å². The van der Waals surface area contributed by atoms with Crippen molar-refractivity contribution in [3.63, 3.8) is 0 Å². The van der Waals surface area contributed by atoms with Crippen LogP contribution in [0.15, 0.2) is 42.5 Å². The summed E-state index contributed by atoms with van der Waals surface area (Å²) in [6.45, 7) is 6.79. The van der Waals surface area contributed by atoms with Crippen molar-refractivity contribution in [2.75, 3.05) is 11.9 Å². The number of carboxylic acid groups (broad SMARTS) is 1. The molecule has 0 heterocycles. The Hall–Kier alpha value is -4.27. The van der Waals surface area contributed by atoms with E-state index in [1.807, 2.05) is 0 Å². The molecule has 1 aliphatic carbocycles. The molecule has 0 radical (unpaired) electrons. The van der Waals surface area contributed by atoms with Crippen LogP contribution in [-0.2, 0) is 11.3 Å². The van der Waals surface area contributed by atoms with Gasteiger partial charge in [0.2, 0.25) is 0 Å². The van der Waals surface area contributed by atoms with Crippen LogP contribution in [0.5, 0.6) is 5.75 Å². The van der Waals surface area contributed by atoms with Gasteiger partial charge in [-0.3, -0.25) is 9.59 Å². The Kier molecular flexibility index (Phi) is 10.4. The smallest absolute Gasteiger partial charge is 0.481 e. The molecule has 3 amide bonds. The Morgan fingerprint density at radius 2 is 1.69 bits per heavy atom. The third-order valence-corrected chi connectivity index (χ3v) is 7.39. The van der Waals surface area contributed by atoms with E-state index in [9.17, 15) is 32.8 Å². The predicted octanol–water partition coefficient (Wildman–Crippen LogP) is 6.30. The van der Waals surface area contributed by atoms with Gasteiger partial charge < -0.3 is 25.4 Å². The quantitative estimate of drug-likeness (QED) is 0.315. The van der Waals surface area contributed by atoms with E-state index >= 15 is 0 Å². The normalized spacial score (nSPS) is 17.1. The molecule has 0 unspecified atom stereocenters. The van der Waals surface area contributed by atoms with Gasteiger partial charge >= 0.3 is 18.4 Å². The fourth-order valence-corrected chi connectivity index (χ4v) is 5.07. The fraction of sp³-hybridized carbons (Fsp3) is 0.467. The van der Waals surface area contributed by atoms with Crippen LogP contribution in [0.25, 0.3) is 0 Å². The maximum absolute atomic E-state index is 13.6. The summed E-state index contributed by atoms with van der Waals surface area (Å²) in [7, 11) is 0. The second-order valence-corrected chi connectivity index (χ2v) is 11.4. The van der Waals surface area contributed by atoms with E-state index in [1.54, 1.807) is 35.2 Å². The van der Waals surface area contributed by atoms with Gasteiger partial charge in [-0.2, -0.15) is 5.26 Å². The summed E-state index contributed by atoms with van der Waals surface area (Å²) in [6, 6.07) is 11.1. The average molecular weight is 589 g/mol. The second-order valence-electron chi connectivity index (χ2n) is 11.4. The third kappa shape index (κ3) is 9.39. The average Bonchev–Trinajstić information content (AvgIpc) is 2.91. The van der Waals surface area contributed by atoms with Gasteiger partial charge in [-0.15, -0.1) is 13.2 Å². The van der Waals surface area contributed by atoms with Gasteiger partial charge in [0.1, 0.15) is 11.8 Å². The molecule has 0 bridgehead atoms. The number of benzene rings is 2. The minimum atomic E-state index is -4.96. The van der Waals surface area contributed by atoms with Crippen LogP contribution in [0.3, 0.4) is 0 Å². The number of nitrogens with one attached hydrogen (secondary N) is 2. The van der Waals surface area contributed by atoms with E-state index < -0.39 is 30.0 Å². The largest absolute Gasteiger partial charge is 0.573 e. The molecule has 1 saturated carbocycles. The minimum absolute atomic E-state index is 0.00205. The van der Waals surface area contributed by atoms with E-state index in [-0.39, 0.29) is 42.2 Å². The molecule has 1 aliphatic rings. The van der Waals surface area contributed by atoms with Crippen molar-refractivity contribution in [3.8, 4) is 11.8 Å². The lowest BCUT2D eigenvalue weighted by atomic mass is 9.71. The molecule has 0 aromatic heterocycles. The third-order valence-electron chi connectivity index (χ3n) is 7.39. The number of nitrogens with zero attached hydrogens (tertiary/aromatic N) is 2. The number of anilines is 1. The standard InChI is InChI=1S/C30H35F3N4O5/c1-29(2,3)22-8-11-24(12-9-22)37(18-19-4-6-20(7-5-19)27(40)35-15-14-26(38)39)28(41)36-23-10-13-25(21(16-23)17-34)42-30(31,32)33/h4-7,10,13,16,22,24H,8-9,11-12,14-15,18H2,1-3H3,(H,35,40)(H,36,41)(H,38,39)/t22-,24-. The lowest BCUT2D eigenvalue weighted by Crippen LogP contribution is -2.45. The van der Waals surface area contributed by atoms with Crippen molar-refractivity contribution >= 4 is 23.6 Å². The summed E-state index contributed by atoms with van der Waals surface area (Å²) in [4.78, 5) is 38.2. The lowest BCUT2D eigenvalue weighted by molar-refractivity contribution is -0.274. The molecule has 0 saturated heterocycles. The highest BCUT2D eigenvalue weighted by atomic mass is 19.4. The number of rotatable bonds is 9. The first-order chi connectivity index (χ1) is 19.7. The first-order valence-electron chi connectivity index (χ1n) is 13.6. The first-order valence-corrected chi connectivity index (χ1v) is 13.6. The lowest BCUT2D eigenvalue weighted by Gasteiger charge is -2.41. The molecule has 0 atom stereocenters. The number of aliphatic carboxylic acids is 1. The van der Waals surface area contributed by atoms with E-state index in [4.69, 9.17) is 5.11 Å². The fourth-order valence-electron chi connectivity index (χ4n) is 5.07. The van der Waals surface area contributed by atoms with Gasteiger partial charge in [-0.25, -0.2) is 4.79 Å². The Bertz CT molecular complexity index is 1310. The Morgan fingerprint density at radius 3 is 2.24 bits per heavy atom. The number of hydrogen-bond donors (Lipinski definition) is 3. The summed E-state index contributed by atoms with van der Waals surface area (Å²) >= 11 is 0. The molecule has 226 valence electrons. The predicted molar refractivity (Wildman–Crippen MR) is 149 cm³/mol. The molecular weight excluding hydrogens is 553 g/mol. The van der Waals surface area contributed by atoms with E-state index in [0.29, 0.717) is 11.5 Å². The highest BCUT2D eigenvalue weighted by molar-refractivity contribution is 5.94. The molecule has 0 spiro atoms. The van der Waals surface area contributed by atoms with Gasteiger partial charge in [0.15, 0.2) is 0 Å². The molecule has 1 fully saturated rings. The molecule has 3 N–H and O–H groups in total.